The zero-order valence-electron chi connectivity index (χ0n) is 17.1. The molecule has 0 bridgehead atoms. The first-order chi connectivity index (χ1) is 13.2. The smallest absolute Gasteiger partial charge is 0.223 e. The highest BCUT2D eigenvalue weighted by Crippen LogP contribution is 2.26. The molecule has 0 unspecified atom stereocenters. The average molecular weight is 377 g/mol. The van der Waals surface area contributed by atoms with E-state index in [1.165, 1.54) is 44.9 Å². The van der Waals surface area contributed by atoms with Crippen LogP contribution in [0.25, 0.3) is 0 Å². The lowest BCUT2D eigenvalue weighted by Gasteiger charge is -2.27. The Bertz CT molecular complexity index is 455. The van der Waals surface area contributed by atoms with Gasteiger partial charge in [0.15, 0.2) is 0 Å². The molecule has 2 amide bonds. The molecule has 0 radical (unpaired) electrons. The third-order valence-corrected chi connectivity index (χ3v) is 7.11. The van der Waals surface area contributed by atoms with E-state index in [0.29, 0.717) is 23.9 Å². The molecule has 27 heavy (non-hydrogen) atoms. The summed E-state index contributed by atoms with van der Waals surface area (Å²) in [5.41, 5.74) is 0. The fraction of sp³-hybridized carbons (Fsp3) is 0.913. The minimum absolute atomic E-state index is 0.188. The summed E-state index contributed by atoms with van der Waals surface area (Å²) < 4.78 is 0. The summed E-state index contributed by atoms with van der Waals surface area (Å²) >= 11 is 0. The van der Waals surface area contributed by atoms with Crippen molar-refractivity contribution in [2.45, 2.75) is 121 Å². The number of nitrogens with one attached hydrogen (secondary N) is 2. The van der Waals surface area contributed by atoms with Gasteiger partial charge >= 0.3 is 0 Å². The van der Waals surface area contributed by atoms with E-state index in [-0.39, 0.29) is 11.8 Å². The van der Waals surface area contributed by atoms with Gasteiger partial charge in [-0.1, -0.05) is 57.8 Å². The van der Waals surface area contributed by atoms with Crippen LogP contribution < -0.4 is 10.6 Å². The molecule has 3 fully saturated rings. The van der Waals surface area contributed by atoms with Gasteiger partial charge in [-0.25, -0.2) is 0 Å². The second-order valence-electron chi connectivity index (χ2n) is 9.30. The molecule has 3 aliphatic rings. The van der Waals surface area contributed by atoms with Gasteiger partial charge in [-0.05, 0) is 51.4 Å². The van der Waals surface area contributed by atoms with Gasteiger partial charge in [-0.15, -0.1) is 0 Å². The Kier molecular flexibility index (Phi) is 8.47. The number of hydrogen-bond donors (Lipinski definition) is 2. The van der Waals surface area contributed by atoms with Gasteiger partial charge in [0.05, 0.1) is 0 Å². The van der Waals surface area contributed by atoms with Crippen LogP contribution in [0.1, 0.15) is 109 Å². The van der Waals surface area contributed by atoms with E-state index in [0.717, 1.165) is 64.2 Å². The average Bonchev–Trinajstić information content (AvgIpc) is 3.09. The van der Waals surface area contributed by atoms with Gasteiger partial charge in [0.25, 0.3) is 0 Å². The first kappa shape index (κ1) is 20.7. The number of carbonyl (C=O) groups excluding carboxylic acids is 2. The molecule has 0 saturated heterocycles. The second kappa shape index (κ2) is 11.1. The third-order valence-electron chi connectivity index (χ3n) is 7.11. The van der Waals surface area contributed by atoms with E-state index in [4.69, 9.17) is 0 Å². The number of amides is 2. The molecule has 0 aromatic rings. The second-order valence-corrected chi connectivity index (χ2v) is 9.30. The van der Waals surface area contributed by atoms with Gasteiger partial charge in [0, 0.05) is 23.9 Å². The fourth-order valence-corrected chi connectivity index (χ4v) is 5.34. The molecule has 0 aliphatic heterocycles. The van der Waals surface area contributed by atoms with Gasteiger partial charge in [-0.2, -0.15) is 0 Å². The quantitative estimate of drug-likeness (QED) is 0.736. The van der Waals surface area contributed by atoms with Crippen molar-refractivity contribution in [1.29, 1.82) is 0 Å². The molecular formula is C23H40N2O2. The van der Waals surface area contributed by atoms with Crippen molar-refractivity contribution in [3.8, 4) is 0 Å². The van der Waals surface area contributed by atoms with E-state index < -0.39 is 0 Å². The first-order valence-electron chi connectivity index (χ1n) is 11.8. The molecular weight excluding hydrogens is 336 g/mol. The van der Waals surface area contributed by atoms with Crippen molar-refractivity contribution in [2.24, 2.45) is 11.8 Å². The van der Waals surface area contributed by atoms with Gasteiger partial charge < -0.3 is 10.6 Å². The van der Waals surface area contributed by atoms with Crippen LogP contribution >= 0.6 is 0 Å². The van der Waals surface area contributed by atoms with Crippen LogP contribution in [0.15, 0.2) is 0 Å². The Hall–Kier alpha value is -1.06. The molecule has 3 aliphatic carbocycles. The van der Waals surface area contributed by atoms with Crippen molar-refractivity contribution >= 4 is 11.8 Å². The number of carbonyl (C=O) groups is 2. The van der Waals surface area contributed by atoms with Gasteiger partial charge in [-0.3, -0.25) is 9.59 Å². The molecule has 3 saturated carbocycles. The topological polar surface area (TPSA) is 58.2 Å². The molecule has 4 heteroatoms. The standard InChI is InChI=1S/C23H40N2O2/c26-22(18-10-4-2-1-3-5-11-18)25-21-16-8-12-19(13-9-17-21)23(27)24-20-14-6-7-15-20/h18-21H,1-17H2,(H,24,27)(H,25,26). The summed E-state index contributed by atoms with van der Waals surface area (Å²) in [7, 11) is 0. The normalized spacial score (nSPS) is 29.2. The van der Waals surface area contributed by atoms with Crippen molar-refractivity contribution in [3.05, 3.63) is 0 Å². The number of rotatable bonds is 4. The van der Waals surface area contributed by atoms with E-state index in [1.54, 1.807) is 0 Å². The van der Waals surface area contributed by atoms with Crippen molar-refractivity contribution in [3.63, 3.8) is 0 Å². The molecule has 0 atom stereocenters. The Balaban J connectivity index is 1.39. The predicted octanol–water partition coefficient (Wildman–Crippen LogP) is 4.86. The van der Waals surface area contributed by atoms with Crippen LogP contribution in [-0.2, 0) is 9.59 Å². The fourth-order valence-electron chi connectivity index (χ4n) is 5.34. The maximum atomic E-state index is 12.7. The lowest BCUT2D eigenvalue weighted by atomic mass is 9.87. The summed E-state index contributed by atoms with van der Waals surface area (Å²) in [6.45, 7) is 0. The highest BCUT2D eigenvalue weighted by molar-refractivity contribution is 5.79. The molecule has 0 aromatic carbocycles. The Morgan fingerprint density at radius 1 is 0.444 bits per heavy atom. The van der Waals surface area contributed by atoms with E-state index in [1.807, 2.05) is 0 Å². The minimum Gasteiger partial charge on any atom is -0.353 e. The van der Waals surface area contributed by atoms with Crippen LogP contribution in [0.4, 0.5) is 0 Å². The zero-order valence-corrected chi connectivity index (χ0v) is 17.1. The van der Waals surface area contributed by atoms with Crippen LogP contribution in [0.3, 0.4) is 0 Å². The maximum absolute atomic E-state index is 12.7. The summed E-state index contributed by atoms with van der Waals surface area (Å²) in [5.74, 6) is 1.02. The largest absolute Gasteiger partial charge is 0.353 e. The SMILES string of the molecule is O=C(NC1CCCC(C(=O)NC2CCCC2)CCC1)C1CCCCCCC1. The van der Waals surface area contributed by atoms with Crippen LogP contribution in [0.5, 0.6) is 0 Å². The Labute approximate surface area is 165 Å². The highest BCUT2D eigenvalue weighted by Gasteiger charge is 2.27. The highest BCUT2D eigenvalue weighted by atomic mass is 16.2. The van der Waals surface area contributed by atoms with Crippen LogP contribution in [0, 0.1) is 11.8 Å². The zero-order chi connectivity index (χ0) is 18.9. The van der Waals surface area contributed by atoms with Crippen LogP contribution in [-0.4, -0.2) is 23.9 Å². The van der Waals surface area contributed by atoms with E-state index in [9.17, 15) is 9.59 Å². The van der Waals surface area contributed by atoms with Crippen molar-refractivity contribution < 1.29 is 9.59 Å². The van der Waals surface area contributed by atoms with E-state index >= 15 is 0 Å². The Morgan fingerprint density at radius 2 is 0.778 bits per heavy atom. The molecule has 0 spiro atoms. The van der Waals surface area contributed by atoms with Crippen molar-refractivity contribution in [2.75, 3.05) is 0 Å². The molecule has 4 nitrogen and oxygen atoms in total. The summed E-state index contributed by atoms with van der Waals surface area (Å²) in [5, 5.41) is 6.65. The minimum atomic E-state index is 0.188. The third kappa shape index (κ3) is 6.80. The lowest BCUT2D eigenvalue weighted by Crippen LogP contribution is -2.41. The lowest BCUT2D eigenvalue weighted by molar-refractivity contribution is -0.128. The molecule has 0 heterocycles. The molecule has 0 aromatic heterocycles. The summed E-state index contributed by atoms with van der Waals surface area (Å²) in [6.07, 6.45) is 19.5. The van der Waals surface area contributed by atoms with E-state index in [2.05, 4.69) is 10.6 Å². The first-order valence-corrected chi connectivity index (χ1v) is 11.8. The predicted molar refractivity (Wildman–Crippen MR) is 109 cm³/mol. The molecule has 2 N–H and O–H groups in total. The summed E-state index contributed by atoms with van der Waals surface area (Å²) in [6, 6.07) is 0.750. The maximum Gasteiger partial charge on any atom is 0.223 e. The molecule has 3 rings (SSSR count). The van der Waals surface area contributed by atoms with Crippen LogP contribution in [0.2, 0.25) is 0 Å². The number of hydrogen-bond acceptors (Lipinski definition) is 2. The van der Waals surface area contributed by atoms with Gasteiger partial charge in [0.2, 0.25) is 11.8 Å². The summed E-state index contributed by atoms with van der Waals surface area (Å²) in [4.78, 5) is 25.3. The molecule has 154 valence electrons. The Morgan fingerprint density at radius 3 is 1.26 bits per heavy atom. The van der Waals surface area contributed by atoms with Gasteiger partial charge in [0.1, 0.15) is 0 Å². The monoisotopic (exact) mass is 376 g/mol. The van der Waals surface area contributed by atoms with Crippen molar-refractivity contribution in [1.82, 2.24) is 10.6 Å².